The second-order valence-electron chi connectivity index (χ2n) is 4.22. The molecule has 1 unspecified atom stereocenters. The van der Waals surface area contributed by atoms with Crippen LogP contribution in [0.25, 0.3) is 6.08 Å². The Morgan fingerprint density at radius 3 is 2.85 bits per heavy atom. The first-order chi connectivity index (χ1) is 6.23. The summed E-state index contributed by atoms with van der Waals surface area (Å²) in [5.74, 6) is 0. The quantitative estimate of drug-likeness (QED) is 0.606. The summed E-state index contributed by atoms with van der Waals surface area (Å²) in [5.41, 5.74) is 3.27. The molecule has 0 heteroatoms. The lowest BCUT2D eigenvalue weighted by Crippen LogP contribution is -2.18. The molecule has 0 fully saturated rings. The third kappa shape index (κ3) is 1.53. The summed E-state index contributed by atoms with van der Waals surface area (Å²) >= 11 is 0. The largest absolute Gasteiger partial charge is 0.0777 e. The maximum atomic E-state index is 2.36. The Labute approximate surface area is 80.3 Å². The van der Waals surface area contributed by atoms with Gasteiger partial charge in [0.25, 0.3) is 0 Å². The molecular formula is C13H16. The van der Waals surface area contributed by atoms with Crippen LogP contribution in [0.1, 0.15) is 31.4 Å². The topological polar surface area (TPSA) is 0 Å². The molecule has 1 aromatic carbocycles. The van der Waals surface area contributed by atoms with Gasteiger partial charge in [0, 0.05) is 0 Å². The zero-order valence-corrected chi connectivity index (χ0v) is 8.38. The monoisotopic (exact) mass is 172 g/mol. The van der Waals surface area contributed by atoms with Gasteiger partial charge in [0.05, 0.1) is 0 Å². The van der Waals surface area contributed by atoms with E-state index in [-0.39, 0.29) is 0 Å². The van der Waals surface area contributed by atoms with Crippen LogP contribution < -0.4 is 0 Å². The van der Waals surface area contributed by atoms with Crippen molar-refractivity contribution in [1.82, 2.24) is 0 Å². The number of allylic oxidation sites excluding steroid dienone is 1. The van der Waals surface area contributed by atoms with Crippen molar-refractivity contribution in [2.75, 3.05) is 0 Å². The maximum absolute atomic E-state index is 2.36. The molecule has 0 amide bonds. The van der Waals surface area contributed by atoms with Crippen LogP contribution >= 0.6 is 0 Å². The Morgan fingerprint density at radius 2 is 2.08 bits per heavy atom. The third-order valence-electron chi connectivity index (χ3n) is 3.12. The number of fused-ring (bicyclic) bond motifs is 1. The molecule has 0 saturated heterocycles. The maximum Gasteiger partial charge on any atom is -0.0105 e. The average Bonchev–Trinajstić information content (AvgIpc) is 2.18. The molecule has 2 rings (SSSR count). The second kappa shape index (κ2) is 3.02. The molecule has 0 spiro atoms. The van der Waals surface area contributed by atoms with E-state index < -0.39 is 0 Å². The summed E-state index contributed by atoms with van der Waals surface area (Å²) in [5, 5.41) is 0. The van der Waals surface area contributed by atoms with Gasteiger partial charge in [-0.3, -0.25) is 0 Å². The number of hydrogen-bond acceptors (Lipinski definition) is 0. The van der Waals surface area contributed by atoms with Crippen molar-refractivity contribution in [2.24, 2.45) is 5.41 Å². The summed E-state index contributed by atoms with van der Waals surface area (Å²) in [6, 6.07) is 8.68. The Bertz CT molecular complexity index is 336. The van der Waals surface area contributed by atoms with Gasteiger partial charge in [0.2, 0.25) is 0 Å². The highest BCUT2D eigenvalue weighted by Crippen LogP contribution is 2.34. The van der Waals surface area contributed by atoms with Gasteiger partial charge in [-0.05, 0) is 29.4 Å². The van der Waals surface area contributed by atoms with Crippen molar-refractivity contribution < 1.29 is 0 Å². The van der Waals surface area contributed by atoms with Crippen molar-refractivity contribution in [3.63, 3.8) is 0 Å². The van der Waals surface area contributed by atoms with Crippen LogP contribution in [-0.4, -0.2) is 0 Å². The molecule has 13 heavy (non-hydrogen) atoms. The summed E-state index contributed by atoms with van der Waals surface area (Å²) in [6.07, 6.45) is 7.03. The van der Waals surface area contributed by atoms with Crippen molar-refractivity contribution in [3.05, 3.63) is 41.5 Å². The van der Waals surface area contributed by atoms with Crippen molar-refractivity contribution in [3.8, 4) is 0 Å². The van der Waals surface area contributed by atoms with E-state index in [0.717, 1.165) is 0 Å². The number of hydrogen-bond donors (Lipinski definition) is 0. The van der Waals surface area contributed by atoms with Gasteiger partial charge < -0.3 is 0 Å². The fourth-order valence-corrected chi connectivity index (χ4v) is 1.89. The molecule has 0 bridgehead atoms. The summed E-state index contributed by atoms with van der Waals surface area (Å²) < 4.78 is 0. The predicted molar refractivity (Wildman–Crippen MR) is 57.6 cm³/mol. The molecule has 0 aliphatic heterocycles. The third-order valence-corrected chi connectivity index (χ3v) is 3.12. The lowest BCUT2D eigenvalue weighted by atomic mass is 9.76. The highest BCUT2D eigenvalue weighted by Gasteiger charge is 2.22. The van der Waals surface area contributed by atoms with Crippen LogP contribution in [0.5, 0.6) is 0 Å². The van der Waals surface area contributed by atoms with Crippen LogP contribution in [0.15, 0.2) is 30.3 Å². The van der Waals surface area contributed by atoms with E-state index in [4.69, 9.17) is 0 Å². The molecule has 1 aromatic rings. The zero-order chi connectivity index (χ0) is 9.31. The van der Waals surface area contributed by atoms with E-state index in [1.807, 2.05) is 0 Å². The van der Waals surface area contributed by atoms with E-state index in [1.54, 1.807) is 0 Å². The SMILES string of the molecule is CCC1(C)C=Cc2ccccc2C1. The van der Waals surface area contributed by atoms with Crippen LogP contribution in [-0.2, 0) is 6.42 Å². The normalized spacial score (nSPS) is 25.7. The fraction of sp³-hybridized carbons (Fsp3) is 0.385. The van der Waals surface area contributed by atoms with Gasteiger partial charge in [-0.25, -0.2) is 0 Å². The minimum absolute atomic E-state index is 0.383. The van der Waals surface area contributed by atoms with Gasteiger partial charge in [0.1, 0.15) is 0 Å². The summed E-state index contributed by atoms with van der Waals surface area (Å²) in [4.78, 5) is 0. The minimum Gasteiger partial charge on any atom is -0.0777 e. The van der Waals surface area contributed by atoms with Crippen LogP contribution in [0.3, 0.4) is 0 Å². The molecule has 0 N–H and O–H groups in total. The van der Waals surface area contributed by atoms with E-state index >= 15 is 0 Å². The van der Waals surface area contributed by atoms with Gasteiger partial charge in [-0.15, -0.1) is 0 Å². The molecule has 0 radical (unpaired) electrons. The molecule has 0 aromatic heterocycles. The minimum atomic E-state index is 0.383. The van der Waals surface area contributed by atoms with Gasteiger partial charge >= 0.3 is 0 Å². The fourth-order valence-electron chi connectivity index (χ4n) is 1.89. The standard InChI is InChI=1S/C13H16/c1-3-13(2)9-8-11-6-4-5-7-12(11)10-13/h4-9H,3,10H2,1-2H3. The average molecular weight is 172 g/mol. The lowest BCUT2D eigenvalue weighted by Gasteiger charge is -2.28. The van der Waals surface area contributed by atoms with E-state index in [1.165, 1.54) is 24.0 Å². The first-order valence-corrected chi connectivity index (χ1v) is 5.01. The first kappa shape index (κ1) is 8.55. The van der Waals surface area contributed by atoms with Crippen LogP contribution in [0, 0.1) is 5.41 Å². The molecule has 0 saturated carbocycles. The molecule has 1 aliphatic carbocycles. The first-order valence-electron chi connectivity index (χ1n) is 5.01. The highest BCUT2D eigenvalue weighted by atomic mass is 14.3. The number of benzene rings is 1. The zero-order valence-electron chi connectivity index (χ0n) is 8.38. The van der Waals surface area contributed by atoms with Gasteiger partial charge in [-0.1, -0.05) is 50.3 Å². The van der Waals surface area contributed by atoms with Gasteiger partial charge in [-0.2, -0.15) is 0 Å². The van der Waals surface area contributed by atoms with E-state index in [0.29, 0.717) is 5.41 Å². The van der Waals surface area contributed by atoms with Crippen molar-refractivity contribution in [2.45, 2.75) is 26.7 Å². The lowest BCUT2D eigenvalue weighted by molar-refractivity contribution is 0.406. The molecule has 0 nitrogen and oxygen atoms in total. The smallest absolute Gasteiger partial charge is 0.0105 e. The Balaban J connectivity index is 2.39. The molecule has 1 aliphatic rings. The molecule has 1 atom stereocenters. The van der Waals surface area contributed by atoms with E-state index in [2.05, 4.69) is 50.3 Å². The Morgan fingerprint density at radius 1 is 1.31 bits per heavy atom. The molecule has 68 valence electrons. The van der Waals surface area contributed by atoms with E-state index in [9.17, 15) is 0 Å². The molecular weight excluding hydrogens is 156 g/mol. The summed E-state index contributed by atoms with van der Waals surface area (Å²) in [6.45, 7) is 4.59. The summed E-state index contributed by atoms with van der Waals surface area (Å²) in [7, 11) is 0. The second-order valence-corrected chi connectivity index (χ2v) is 4.22. The van der Waals surface area contributed by atoms with Crippen molar-refractivity contribution in [1.29, 1.82) is 0 Å². The molecule has 0 heterocycles. The predicted octanol–water partition coefficient (Wildman–Crippen LogP) is 3.67. The number of rotatable bonds is 1. The Kier molecular flexibility index (Phi) is 1.99. The van der Waals surface area contributed by atoms with Crippen molar-refractivity contribution >= 4 is 6.08 Å². The van der Waals surface area contributed by atoms with Crippen LogP contribution in [0.2, 0.25) is 0 Å². The van der Waals surface area contributed by atoms with Crippen LogP contribution in [0.4, 0.5) is 0 Å². The van der Waals surface area contributed by atoms with Gasteiger partial charge in [0.15, 0.2) is 0 Å². The Hall–Kier alpha value is -1.04. The highest BCUT2D eigenvalue weighted by molar-refractivity contribution is 5.57.